The van der Waals surface area contributed by atoms with Crippen molar-refractivity contribution in [3.8, 4) is 11.4 Å². The number of hydrogen-bond donors (Lipinski definition) is 2. The van der Waals surface area contributed by atoms with E-state index in [-0.39, 0.29) is 17.7 Å². The second-order valence-electron chi connectivity index (χ2n) is 6.48. The molecule has 0 bridgehead atoms. The van der Waals surface area contributed by atoms with Gasteiger partial charge in [0.2, 0.25) is 5.91 Å². The molecule has 2 N–H and O–H groups in total. The Morgan fingerprint density at radius 3 is 2.71 bits per heavy atom. The number of aromatic nitrogens is 4. The second-order valence-corrected chi connectivity index (χ2v) is 7.42. The van der Waals surface area contributed by atoms with Crippen molar-refractivity contribution in [3.63, 3.8) is 0 Å². The van der Waals surface area contributed by atoms with E-state index >= 15 is 0 Å². The lowest BCUT2D eigenvalue weighted by Gasteiger charge is -2.12. The minimum atomic E-state index is -0.434. The average molecular weight is 404 g/mol. The minimum Gasteiger partial charge on any atom is -0.383 e. The van der Waals surface area contributed by atoms with Crippen LogP contribution in [0.2, 0.25) is 0 Å². The fourth-order valence-electron chi connectivity index (χ4n) is 3.08. The fraction of sp³-hybridized carbons (Fsp3) is 0.500. The number of carbonyl (C=O) groups is 2. The number of urea groups is 1. The molecule has 3 amide bonds. The van der Waals surface area contributed by atoms with Crippen molar-refractivity contribution < 1.29 is 14.3 Å². The number of rotatable bonds is 8. The molecule has 2 heterocycles. The summed E-state index contributed by atoms with van der Waals surface area (Å²) >= 11 is 1.23. The van der Waals surface area contributed by atoms with Gasteiger partial charge in [-0.2, -0.15) is 0 Å². The van der Waals surface area contributed by atoms with Gasteiger partial charge in [-0.1, -0.05) is 24.6 Å². The monoisotopic (exact) mass is 404 g/mol. The molecule has 1 fully saturated rings. The lowest BCUT2D eigenvalue weighted by Crippen LogP contribution is -2.44. The number of thioether (sulfide) groups is 1. The number of nitrogens with zero attached hydrogens (tertiary/aromatic N) is 4. The van der Waals surface area contributed by atoms with Gasteiger partial charge in [0.15, 0.2) is 11.0 Å². The Kier molecular flexibility index (Phi) is 7.38. The third-order valence-corrected chi connectivity index (χ3v) is 5.42. The molecular weight excluding hydrogens is 380 g/mol. The average Bonchev–Trinajstić information content (AvgIpc) is 3.35. The van der Waals surface area contributed by atoms with Gasteiger partial charge >= 0.3 is 6.03 Å². The zero-order valence-electron chi connectivity index (χ0n) is 15.8. The van der Waals surface area contributed by atoms with Crippen LogP contribution in [0.25, 0.3) is 11.4 Å². The number of methoxy groups -OCH3 is 1. The molecule has 2 aromatic heterocycles. The summed E-state index contributed by atoms with van der Waals surface area (Å²) in [5, 5.41) is 14.3. The number of ether oxygens (including phenoxy) is 1. The zero-order chi connectivity index (χ0) is 19.8. The molecule has 28 heavy (non-hydrogen) atoms. The first-order chi connectivity index (χ1) is 13.7. The number of carbonyl (C=O) groups excluding carboxylic acids is 2. The molecule has 9 nitrogen and oxygen atoms in total. The summed E-state index contributed by atoms with van der Waals surface area (Å²) < 4.78 is 7.07. The molecule has 0 spiro atoms. The SMILES string of the molecule is COCCn1c(SCC(=O)NC(=O)NC2CCCC2)nnc1-c1ccncc1. The Bertz CT molecular complexity index is 792. The van der Waals surface area contributed by atoms with E-state index in [0.29, 0.717) is 24.1 Å². The summed E-state index contributed by atoms with van der Waals surface area (Å²) in [6.45, 7) is 1.03. The number of nitrogens with one attached hydrogen (secondary N) is 2. The summed E-state index contributed by atoms with van der Waals surface area (Å²) in [6.07, 6.45) is 7.55. The Morgan fingerprint density at radius 1 is 1.25 bits per heavy atom. The first kappa shape index (κ1) is 20.3. The molecule has 0 aliphatic heterocycles. The Labute approximate surface area is 167 Å². The summed E-state index contributed by atoms with van der Waals surface area (Å²) in [6, 6.07) is 3.43. The van der Waals surface area contributed by atoms with E-state index in [4.69, 9.17) is 4.74 Å². The highest BCUT2D eigenvalue weighted by atomic mass is 32.2. The molecule has 1 aliphatic rings. The Morgan fingerprint density at radius 2 is 2.00 bits per heavy atom. The van der Waals surface area contributed by atoms with Crippen LogP contribution in [-0.2, 0) is 16.1 Å². The van der Waals surface area contributed by atoms with Gasteiger partial charge in [-0.25, -0.2) is 4.79 Å². The number of amides is 3. The molecule has 0 aromatic carbocycles. The first-order valence-electron chi connectivity index (χ1n) is 9.23. The van der Waals surface area contributed by atoms with Crippen LogP contribution in [-0.4, -0.2) is 57.2 Å². The first-order valence-corrected chi connectivity index (χ1v) is 10.2. The maximum Gasteiger partial charge on any atom is 0.321 e. The minimum absolute atomic E-state index is 0.0690. The van der Waals surface area contributed by atoms with Crippen molar-refractivity contribution in [3.05, 3.63) is 24.5 Å². The van der Waals surface area contributed by atoms with Gasteiger partial charge in [-0.3, -0.25) is 19.7 Å². The summed E-state index contributed by atoms with van der Waals surface area (Å²) in [5.74, 6) is 0.382. The van der Waals surface area contributed by atoms with Crippen LogP contribution in [0.15, 0.2) is 29.7 Å². The third kappa shape index (κ3) is 5.52. The van der Waals surface area contributed by atoms with Crippen molar-refractivity contribution in [2.45, 2.75) is 43.4 Å². The lowest BCUT2D eigenvalue weighted by atomic mass is 10.2. The van der Waals surface area contributed by atoms with Gasteiger partial charge in [0.25, 0.3) is 0 Å². The molecule has 0 radical (unpaired) electrons. The number of hydrogen-bond acceptors (Lipinski definition) is 7. The second kappa shape index (κ2) is 10.2. The van der Waals surface area contributed by atoms with E-state index in [1.165, 1.54) is 11.8 Å². The normalized spacial score (nSPS) is 14.2. The topological polar surface area (TPSA) is 111 Å². The van der Waals surface area contributed by atoms with Crippen molar-refractivity contribution in [2.75, 3.05) is 19.5 Å². The van der Waals surface area contributed by atoms with E-state index in [9.17, 15) is 9.59 Å². The van der Waals surface area contributed by atoms with Crippen LogP contribution in [0, 0.1) is 0 Å². The number of pyridine rings is 1. The maximum atomic E-state index is 12.1. The van der Waals surface area contributed by atoms with Crippen molar-refractivity contribution in [2.24, 2.45) is 0 Å². The molecule has 0 saturated heterocycles. The van der Waals surface area contributed by atoms with Crippen LogP contribution in [0.4, 0.5) is 4.79 Å². The van der Waals surface area contributed by atoms with Gasteiger partial charge in [0.05, 0.1) is 18.9 Å². The van der Waals surface area contributed by atoms with Crippen LogP contribution < -0.4 is 10.6 Å². The summed E-state index contributed by atoms with van der Waals surface area (Å²) in [4.78, 5) is 28.0. The quantitative estimate of drug-likeness (QED) is 0.646. The molecule has 150 valence electrons. The highest BCUT2D eigenvalue weighted by molar-refractivity contribution is 7.99. The molecule has 0 unspecified atom stereocenters. The third-order valence-electron chi connectivity index (χ3n) is 4.45. The molecule has 1 aliphatic carbocycles. The smallest absolute Gasteiger partial charge is 0.321 e. The van der Waals surface area contributed by atoms with Crippen LogP contribution in [0.3, 0.4) is 0 Å². The van der Waals surface area contributed by atoms with Crippen molar-refractivity contribution in [1.82, 2.24) is 30.4 Å². The molecule has 1 saturated carbocycles. The predicted octanol–water partition coefficient (Wildman–Crippen LogP) is 1.85. The van der Waals surface area contributed by atoms with E-state index in [2.05, 4.69) is 25.8 Å². The zero-order valence-corrected chi connectivity index (χ0v) is 16.6. The van der Waals surface area contributed by atoms with Gasteiger partial charge in [0.1, 0.15) is 0 Å². The Hall–Kier alpha value is -2.46. The number of imide groups is 1. The summed E-state index contributed by atoms with van der Waals surface area (Å²) in [5.41, 5.74) is 0.880. The molecule has 3 rings (SSSR count). The van der Waals surface area contributed by atoms with E-state index in [0.717, 1.165) is 31.2 Å². The summed E-state index contributed by atoms with van der Waals surface area (Å²) in [7, 11) is 1.62. The van der Waals surface area contributed by atoms with Gasteiger partial charge in [0, 0.05) is 31.1 Å². The molecule has 0 atom stereocenters. The van der Waals surface area contributed by atoms with Crippen molar-refractivity contribution >= 4 is 23.7 Å². The van der Waals surface area contributed by atoms with Crippen LogP contribution in [0.5, 0.6) is 0 Å². The molecular formula is C18H24N6O3S. The highest BCUT2D eigenvalue weighted by Gasteiger charge is 2.19. The predicted molar refractivity (Wildman–Crippen MR) is 105 cm³/mol. The van der Waals surface area contributed by atoms with Gasteiger partial charge in [-0.05, 0) is 25.0 Å². The largest absolute Gasteiger partial charge is 0.383 e. The fourth-order valence-corrected chi connectivity index (χ4v) is 3.84. The lowest BCUT2D eigenvalue weighted by molar-refractivity contribution is -0.117. The highest BCUT2D eigenvalue weighted by Crippen LogP contribution is 2.23. The van der Waals surface area contributed by atoms with Crippen LogP contribution >= 0.6 is 11.8 Å². The van der Waals surface area contributed by atoms with E-state index in [1.54, 1.807) is 19.5 Å². The molecule has 2 aromatic rings. The molecule has 10 heteroatoms. The maximum absolute atomic E-state index is 12.1. The van der Waals surface area contributed by atoms with E-state index in [1.807, 2.05) is 16.7 Å². The van der Waals surface area contributed by atoms with Gasteiger partial charge < -0.3 is 10.1 Å². The van der Waals surface area contributed by atoms with E-state index < -0.39 is 6.03 Å². The van der Waals surface area contributed by atoms with Gasteiger partial charge in [-0.15, -0.1) is 10.2 Å². The van der Waals surface area contributed by atoms with Crippen molar-refractivity contribution in [1.29, 1.82) is 0 Å². The van der Waals surface area contributed by atoms with Crippen LogP contribution in [0.1, 0.15) is 25.7 Å². The standard InChI is InChI=1S/C18H24N6O3S/c1-27-11-10-24-16(13-6-8-19-9-7-13)22-23-18(24)28-12-15(25)21-17(26)20-14-4-2-3-5-14/h6-9,14H,2-5,10-12H2,1H3,(H2,20,21,25,26). The Balaban J connectivity index is 1.59.